The number of nitrogens with one attached hydrogen (secondary N) is 1. The Morgan fingerprint density at radius 1 is 1.39 bits per heavy atom. The maximum absolute atomic E-state index is 12.3. The van der Waals surface area contributed by atoms with Gasteiger partial charge in [-0.3, -0.25) is 0 Å². The van der Waals surface area contributed by atoms with Gasteiger partial charge < -0.3 is 10.5 Å². The Labute approximate surface area is 107 Å². The maximum atomic E-state index is 12.3. The van der Waals surface area contributed by atoms with E-state index in [2.05, 4.69) is 4.72 Å². The minimum Gasteiger partial charge on any atom is -0.495 e. The second-order valence-electron chi connectivity index (χ2n) is 4.93. The van der Waals surface area contributed by atoms with Gasteiger partial charge in [0.1, 0.15) is 10.6 Å². The van der Waals surface area contributed by atoms with Gasteiger partial charge in [0.2, 0.25) is 10.0 Å². The van der Waals surface area contributed by atoms with Gasteiger partial charge in [-0.05, 0) is 44.4 Å². The number of hydrogen-bond donors (Lipinski definition) is 2. The second kappa shape index (κ2) is 4.44. The summed E-state index contributed by atoms with van der Waals surface area (Å²) in [6.45, 7) is 1.91. The number of rotatable bonds is 4. The molecule has 0 heterocycles. The first-order valence-electron chi connectivity index (χ1n) is 5.84. The van der Waals surface area contributed by atoms with Crippen LogP contribution in [-0.4, -0.2) is 21.1 Å². The summed E-state index contributed by atoms with van der Waals surface area (Å²) >= 11 is 0. The predicted molar refractivity (Wildman–Crippen MR) is 70.0 cm³/mol. The summed E-state index contributed by atoms with van der Waals surface area (Å²) in [5, 5.41) is 0. The fourth-order valence-corrected chi connectivity index (χ4v) is 3.76. The summed E-state index contributed by atoms with van der Waals surface area (Å²) in [6.07, 6.45) is 2.76. The van der Waals surface area contributed by atoms with E-state index in [-0.39, 0.29) is 10.4 Å². The van der Waals surface area contributed by atoms with Crippen LogP contribution in [0.5, 0.6) is 5.75 Å². The summed E-state index contributed by atoms with van der Waals surface area (Å²) in [6, 6.07) is 4.60. The van der Waals surface area contributed by atoms with Gasteiger partial charge in [-0.1, -0.05) is 0 Å². The van der Waals surface area contributed by atoms with Crippen molar-refractivity contribution >= 4 is 15.7 Å². The van der Waals surface area contributed by atoms with Crippen LogP contribution in [0.4, 0.5) is 5.69 Å². The molecule has 5 nitrogen and oxygen atoms in total. The normalized spacial score (nSPS) is 18.1. The average Bonchev–Trinajstić information content (AvgIpc) is 2.26. The highest BCUT2D eigenvalue weighted by atomic mass is 32.2. The van der Waals surface area contributed by atoms with Crippen molar-refractivity contribution in [1.82, 2.24) is 4.72 Å². The molecule has 2 rings (SSSR count). The van der Waals surface area contributed by atoms with Crippen molar-refractivity contribution < 1.29 is 13.2 Å². The molecule has 0 atom stereocenters. The first-order valence-corrected chi connectivity index (χ1v) is 7.32. The summed E-state index contributed by atoms with van der Waals surface area (Å²) in [4.78, 5) is 0.0955. The summed E-state index contributed by atoms with van der Waals surface area (Å²) in [5.74, 6) is 0.305. The zero-order valence-corrected chi connectivity index (χ0v) is 11.4. The van der Waals surface area contributed by atoms with Gasteiger partial charge in [0, 0.05) is 11.2 Å². The minimum absolute atomic E-state index is 0.0955. The van der Waals surface area contributed by atoms with Crippen molar-refractivity contribution in [3.05, 3.63) is 18.2 Å². The highest BCUT2D eigenvalue weighted by Gasteiger charge is 2.37. The largest absolute Gasteiger partial charge is 0.495 e. The Morgan fingerprint density at radius 2 is 2.06 bits per heavy atom. The molecule has 1 aromatic carbocycles. The van der Waals surface area contributed by atoms with Crippen LogP contribution in [0.2, 0.25) is 0 Å². The lowest BCUT2D eigenvalue weighted by Crippen LogP contribution is -2.50. The lowest BCUT2D eigenvalue weighted by atomic mass is 9.80. The molecule has 0 aliphatic heterocycles. The number of hydrogen-bond acceptors (Lipinski definition) is 4. The molecule has 3 N–H and O–H groups in total. The number of nitrogen functional groups attached to an aromatic ring is 1. The number of nitrogens with two attached hydrogens (primary N) is 1. The van der Waals surface area contributed by atoms with Crippen LogP contribution in [0, 0.1) is 0 Å². The molecule has 0 bridgehead atoms. The van der Waals surface area contributed by atoms with Crippen LogP contribution in [0.3, 0.4) is 0 Å². The van der Waals surface area contributed by atoms with E-state index in [1.807, 2.05) is 6.92 Å². The SMILES string of the molecule is COc1ccc(N)cc1S(=O)(=O)NC1(C)CCC1. The Kier molecular flexibility index (Phi) is 3.25. The topological polar surface area (TPSA) is 81.4 Å². The number of benzene rings is 1. The molecule has 100 valence electrons. The van der Waals surface area contributed by atoms with Crippen LogP contribution in [-0.2, 0) is 10.0 Å². The van der Waals surface area contributed by atoms with Crippen molar-refractivity contribution in [3.63, 3.8) is 0 Å². The molecule has 18 heavy (non-hydrogen) atoms. The minimum atomic E-state index is -3.60. The van der Waals surface area contributed by atoms with E-state index in [1.54, 1.807) is 12.1 Å². The van der Waals surface area contributed by atoms with E-state index < -0.39 is 10.0 Å². The molecule has 1 fully saturated rings. The van der Waals surface area contributed by atoms with E-state index >= 15 is 0 Å². The molecular weight excluding hydrogens is 252 g/mol. The third-order valence-electron chi connectivity index (χ3n) is 3.32. The van der Waals surface area contributed by atoms with Crippen molar-refractivity contribution in [2.24, 2.45) is 0 Å². The van der Waals surface area contributed by atoms with Crippen molar-refractivity contribution in [2.45, 2.75) is 36.6 Å². The van der Waals surface area contributed by atoms with Gasteiger partial charge in [-0.25, -0.2) is 13.1 Å². The van der Waals surface area contributed by atoms with Gasteiger partial charge in [-0.15, -0.1) is 0 Å². The summed E-state index contributed by atoms with van der Waals surface area (Å²) in [5.41, 5.74) is 5.70. The Morgan fingerprint density at radius 3 is 2.56 bits per heavy atom. The fraction of sp³-hybridized carbons (Fsp3) is 0.500. The molecular formula is C12H18N2O3S. The summed E-state index contributed by atoms with van der Waals surface area (Å²) < 4.78 is 32.5. The fourth-order valence-electron chi connectivity index (χ4n) is 2.09. The zero-order chi connectivity index (χ0) is 13.4. The van der Waals surface area contributed by atoms with Crippen molar-refractivity contribution in [2.75, 3.05) is 12.8 Å². The van der Waals surface area contributed by atoms with Gasteiger partial charge in [-0.2, -0.15) is 0 Å². The quantitative estimate of drug-likeness (QED) is 0.812. The van der Waals surface area contributed by atoms with Gasteiger partial charge >= 0.3 is 0 Å². The van der Waals surface area contributed by atoms with Crippen LogP contribution in [0.1, 0.15) is 26.2 Å². The third-order valence-corrected chi connectivity index (χ3v) is 4.97. The number of sulfonamides is 1. The molecule has 0 radical (unpaired) electrons. The van der Waals surface area contributed by atoms with Crippen molar-refractivity contribution in [1.29, 1.82) is 0 Å². The molecule has 0 amide bonds. The molecule has 1 aromatic rings. The second-order valence-corrected chi connectivity index (χ2v) is 6.58. The van der Waals surface area contributed by atoms with Crippen LogP contribution in [0.25, 0.3) is 0 Å². The number of ether oxygens (including phenoxy) is 1. The third kappa shape index (κ3) is 2.44. The number of methoxy groups -OCH3 is 1. The summed E-state index contributed by atoms with van der Waals surface area (Å²) in [7, 11) is -2.16. The lowest BCUT2D eigenvalue weighted by Gasteiger charge is -2.38. The monoisotopic (exact) mass is 270 g/mol. The van der Waals surface area contributed by atoms with Gasteiger partial charge in [0.05, 0.1) is 7.11 Å². The van der Waals surface area contributed by atoms with E-state index in [1.165, 1.54) is 13.2 Å². The highest BCUT2D eigenvalue weighted by molar-refractivity contribution is 7.89. The standard InChI is InChI=1S/C12H18N2O3S/c1-12(6-3-7-12)14-18(15,16)11-8-9(13)4-5-10(11)17-2/h4-5,8,14H,3,6-7,13H2,1-2H3. The lowest BCUT2D eigenvalue weighted by molar-refractivity contribution is 0.247. The Bertz CT molecular complexity index is 550. The smallest absolute Gasteiger partial charge is 0.244 e. The Balaban J connectivity index is 2.37. The van der Waals surface area contributed by atoms with Crippen LogP contribution in [0.15, 0.2) is 23.1 Å². The maximum Gasteiger partial charge on any atom is 0.244 e. The molecule has 6 heteroatoms. The van der Waals surface area contributed by atoms with E-state index in [9.17, 15) is 8.42 Å². The molecule has 1 aliphatic rings. The average molecular weight is 270 g/mol. The Hall–Kier alpha value is -1.27. The van der Waals surface area contributed by atoms with Gasteiger partial charge in [0.25, 0.3) is 0 Å². The molecule has 1 aliphatic carbocycles. The van der Waals surface area contributed by atoms with E-state index in [4.69, 9.17) is 10.5 Å². The number of anilines is 1. The predicted octanol–water partition coefficient (Wildman–Crippen LogP) is 1.50. The molecule has 1 saturated carbocycles. The van der Waals surface area contributed by atoms with E-state index in [0.717, 1.165) is 19.3 Å². The van der Waals surface area contributed by atoms with Gasteiger partial charge in [0.15, 0.2) is 0 Å². The first kappa shape index (κ1) is 13.2. The first-order chi connectivity index (χ1) is 8.36. The van der Waals surface area contributed by atoms with Crippen LogP contribution < -0.4 is 15.2 Å². The molecule has 0 saturated heterocycles. The zero-order valence-electron chi connectivity index (χ0n) is 10.6. The van der Waals surface area contributed by atoms with Crippen LogP contribution >= 0.6 is 0 Å². The molecule has 0 unspecified atom stereocenters. The van der Waals surface area contributed by atoms with Crippen molar-refractivity contribution in [3.8, 4) is 5.75 Å². The van der Waals surface area contributed by atoms with E-state index in [0.29, 0.717) is 11.4 Å². The molecule has 0 spiro atoms. The highest BCUT2D eigenvalue weighted by Crippen LogP contribution is 2.34. The molecule has 0 aromatic heterocycles.